The van der Waals surface area contributed by atoms with E-state index in [4.69, 9.17) is 0 Å². The van der Waals surface area contributed by atoms with Crippen LogP contribution in [-0.2, 0) is 14.8 Å². The van der Waals surface area contributed by atoms with Crippen LogP contribution in [0.25, 0.3) is 0 Å². The molecule has 1 saturated carbocycles. The van der Waals surface area contributed by atoms with Gasteiger partial charge in [0.05, 0.1) is 11.9 Å². The molecule has 1 amide bonds. The lowest BCUT2D eigenvalue weighted by Gasteiger charge is -2.28. The number of Topliss-reactive ketones (excluding diaryl/α,β-unsaturated/α-hetero) is 1. The number of likely N-dealkylation sites (N-methyl/N-ethyl adjacent to an activating group) is 1. The minimum atomic E-state index is -3.64. The van der Waals surface area contributed by atoms with Crippen molar-refractivity contribution in [1.82, 2.24) is 4.90 Å². The third-order valence-electron chi connectivity index (χ3n) is 4.49. The first-order valence-electron chi connectivity index (χ1n) is 8.04. The first-order chi connectivity index (χ1) is 11.2. The van der Waals surface area contributed by atoms with Gasteiger partial charge in [0.2, 0.25) is 15.9 Å². The molecule has 24 heavy (non-hydrogen) atoms. The zero-order valence-electron chi connectivity index (χ0n) is 14.4. The van der Waals surface area contributed by atoms with Gasteiger partial charge in [-0.15, -0.1) is 0 Å². The Labute approximate surface area is 143 Å². The third kappa shape index (κ3) is 4.35. The fourth-order valence-corrected chi connectivity index (χ4v) is 3.85. The van der Waals surface area contributed by atoms with Gasteiger partial charge in [0, 0.05) is 18.7 Å². The summed E-state index contributed by atoms with van der Waals surface area (Å²) in [5.41, 5.74) is 0.746. The molecule has 0 unspecified atom stereocenters. The van der Waals surface area contributed by atoms with Crippen LogP contribution < -0.4 is 4.31 Å². The predicted octanol–water partition coefficient (Wildman–Crippen LogP) is 2.06. The summed E-state index contributed by atoms with van der Waals surface area (Å²) in [6, 6.07) is 6.53. The van der Waals surface area contributed by atoms with Crippen molar-refractivity contribution in [3.63, 3.8) is 0 Å². The van der Waals surface area contributed by atoms with Crippen LogP contribution in [0, 0.1) is 0 Å². The van der Waals surface area contributed by atoms with Crippen LogP contribution in [0.5, 0.6) is 0 Å². The van der Waals surface area contributed by atoms with E-state index in [-0.39, 0.29) is 24.3 Å². The highest BCUT2D eigenvalue weighted by Crippen LogP contribution is 2.24. The Bertz CT molecular complexity index is 724. The average Bonchev–Trinajstić information content (AvgIpc) is 3.04. The summed E-state index contributed by atoms with van der Waals surface area (Å²) in [5, 5.41) is 0. The van der Waals surface area contributed by atoms with E-state index in [1.165, 1.54) is 13.0 Å². The minimum Gasteiger partial charge on any atom is -0.341 e. The molecule has 1 aromatic rings. The smallest absolute Gasteiger partial charge is 0.243 e. The lowest BCUT2D eigenvalue weighted by Crippen LogP contribution is -2.44. The fraction of sp³-hybridized carbons (Fsp3) is 0.529. The van der Waals surface area contributed by atoms with Crippen LogP contribution in [0.1, 0.15) is 43.0 Å². The molecule has 1 fully saturated rings. The summed E-state index contributed by atoms with van der Waals surface area (Å²) in [6.45, 7) is 1.16. The monoisotopic (exact) mass is 352 g/mol. The van der Waals surface area contributed by atoms with E-state index in [9.17, 15) is 18.0 Å². The van der Waals surface area contributed by atoms with Crippen LogP contribution in [0.2, 0.25) is 0 Å². The fourth-order valence-electron chi connectivity index (χ4n) is 3.01. The average molecular weight is 352 g/mol. The van der Waals surface area contributed by atoms with Crippen molar-refractivity contribution in [2.75, 3.05) is 24.2 Å². The van der Waals surface area contributed by atoms with Gasteiger partial charge < -0.3 is 4.90 Å². The number of hydrogen-bond donors (Lipinski definition) is 0. The van der Waals surface area contributed by atoms with E-state index in [0.29, 0.717) is 11.3 Å². The molecular formula is C17H24N2O4S. The molecule has 0 saturated heterocycles. The second-order valence-electron chi connectivity index (χ2n) is 6.32. The van der Waals surface area contributed by atoms with Gasteiger partial charge in [-0.05, 0) is 31.9 Å². The molecule has 132 valence electrons. The van der Waals surface area contributed by atoms with Crippen LogP contribution in [0.15, 0.2) is 24.3 Å². The topological polar surface area (TPSA) is 74.8 Å². The van der Waals surface area contributed by atoms with E-state index in [1.807, 2.05) is 0 Å². The Hall–Kier alpha value is -1.89. The molecule has 7 heteroatoms. The van der Waals surface area contributed by atoms with Crippen molar-refractivity contribution in [1.29, 1.82) is 0 Å². The normalized spacial score (nSPS) is 15.3. The third-order valence-corrected chi connectivity index (χ3v) is 5.63. The van der Waals surface area contributed by atoms with Gasteiger partial charge in [-0.1, -0.05) is 25.0 Å². The molecule has 0 N–H and O–H groups in total. The van der Waals surface area contributed by atoms with Gasteiger partial charge in [0.1, 0.15) is 6.54 Å². The number of nitrogens with zero attached hydrogens (tertiary/aromatic N) is 2. The SMILES string of the molecule is CC(=O)c1cccc(N(CC(=O)N(C)C2CCCC2)S(C)(=O)=O)c1. The molecule has 0 aliphatic heterocycles. The van der Waals surface area contributed by atoms with Crippen LogP contribution in [0.4, 0.5) is 5.69 Å². The molecule has 0 atom stereocenters. The lowest BCUT2D eigenvalue weighted by atomic mass is 10.1. The van der Waals surface area contributed by atoms with E-state index in [0.717, 1.165) is 36.2 Å². The minimum absolute atomic E-state index is 0.153. The zero-order valence-corrected chi connectivity index (χ0v) is 15.2. The van der Waals surface area contributed by atoms with Gasteiger partial charge in [-0.25, -0.2) is 8.42 Å². The number of ketones is 1. The van der Waals surface area contributed by atoms with Crippen molar-refractivity contribution in [2.45, 2.75) is 38.6 Å². The molecule has 0 aromatic heterocycles. The van der Waals surface area contributed by atoms with Crippen molar-refractivity contribution in [3.05, 3.63) is 29.8 Å². The van der Waals surface area contributed by atoms with Gasteiger partial charge in [-0.2, -0.15) is 0 Å². The van der Waals surface area contributed by atoms with Crippen molar-refractivity contribution < 1.29 is 18.0 Å². The van der Waals surface area contributed by atoms with Crippen molar-refractivity contribution >= 4 is 27.4 Å². The van der Waals surface area contributed by atoms with E-state index in [2.05, 4.69) is 0 Å². The van der Waals surface area contributed by atoms with Crippen molar-refractivity contribution in [2.24, 2.45) is 0 Å². The second-order valence-corrected chi connectivity index (χ2v) is 8.23. The maximum atomic E-state index is 12.5. The molecule has 2 rings (SSSR count). The van der Waals surface area contributed by atoms with Gasteiger partial charge >= 0.3 is 0 Å². The number of amides is 1. The first kappa shape index (κ1) is 18.4. The number of carbonyl (C=O) groups is 2. The maximum absolute atomic E-state index is 12.5. The van der Waals surface area contributed by atoms with Crippen LogP contribution in [-0.4, -0.2) is 50.9 Å². The molecule has 1 aliphatic rings. The second kappa shape index (κ2) is 7.34. The summed E-state index contributed by atoms with van der Waals surface area (Å²) in [7, 11) is -1.91. The Morgan fingerprint density at radius 3 is 2.38 bits per heavy atom. The number of sulfonamides is 1. The molecular weight excluding hydrogens is 328 g/mol. The number of carbonyl (C=O) groups excluding carboxylic acids is 2. The molecule has 0 heterocycles. The van der Waals surface area contributed by atoms with Crippen LogP contribution in [0.3, 0.4) is 0 Å². The quantitative estimate of drug-likeness (QED) is 0.735. The van der Waals surface area contributed by atoms with Gasteiger partial charge in [0.25, 0.3) is 0 Å². The summed E-state index contributed by atoms with van der Waals surface area (Å²) >= 11 is 0. The van der Waals surface area contributed by atoms with Crippen molar-refractivity contribution in [3.8, 4) is 0 Å². The zero-order chi connectivity index (χ0) is 17.9. The number of anilines is 1. The molecule has 6 nitrogen and oxygen atoms in total. The first-order valence-corrected chi connectivity index (χ1v) is 9.89. The molecule has 0 bridgehead atoms. The number of benzene rings is 1. The Balaban J connectivity index is 2.25. The largest absolute Gasteiger partial charge is 0.341 e. The highest BCUT2D eigenvalue weighted by atomic mass is 32.2. The van der Waals surface area contributed by atoms with E-state index >= 15 is 0 Å². The lowest BCUT2D eigenvalue weighted by molar-refractivity contribution is -0.130. The van der Waals surface area contributed by atoms with Crippen LogP contribution >= 0.6 is 0 Å². The number of rotatable bonds is 6. The predicted molar refractivity (Wildman–Crippen MR) is 93.7 cm³/mol. The highest BCUT2D eigenvalue weighted by Gasteiger charge is 2.27. The van der Waals surface area contributed by atoms with E-state index in [1.54, 1.807) is 30.1 Å². The molecule has 0 radical (unpaired) electrons. The summed E-state index contributed by atoms with van der Waals surface area (Å²) in [6.07, 6.45) is 5.18. The molecule has 1 aliphatic carbocycles. The Morgan fingerprint density at radius 2 is 1.83 bits per heavy atom. The summed E-state index contributed by atoms with van der Waals surface area (Å²) in [5.74, 6) is -0.389. The highest BCUT2D eigenvalue weighted by molar-refractivity contribution is 7.92. The standard InChI is InChI=1S/C17H24N2O4S/c1-13(20)14-7-6-10-16(11-14)19(24(3,22)23)12-17(21)18(2)15-8-4-5-9-15/h6-7,10-11,15H,4-5,8-9,12H2,1-3H3. The van der Waals surface area contributed by atoms with E-state index < -0.39 is 10.0 Å². The summed E-state index contributed by atoms with van der Waals surface area (Å²) in [4.78, 5) is 25.7. The number of hydrogen-bond acceptors (Lipinski definition) is 4. The summed E-state index contributed by atoms with van der Waals surface area (Å²) < 4.78 is 25.4. The van der Waals surface area contributed by atoms with Gasteiger partial charge in [0.15, 0.2) is 5.78 Å². The Kier molecular flexibility index (Phi) is 5.64. The maximum Gasteiger partial charge on any atom is 0.243 e. The Morgan fingerprint density at radius 1 is 1.21 bits per heavy atom. The van der Waals surface area contributed by atoms with Gasteiger partial charge in [-0.3, -0.25) is 13.9 Å². The molecule has 1 aromatic carbocycles. The molecule has 0 spiro atoms.